The second-order valence-corrected chi connectivity index (χ2v) is 5.26. The number of carbonyl (C=O) groups excluding carboxylic acids is 2. The van der Waals surface area contributed by atoms with Gasteiger partial charge in [0.25, 0.3) is 5.91 Å². The topological polar surface area (TPSA) is 100 Å². The van der Waals surface area contributed by atoms with Crippen LogP contribution in [0.1, 0.15) is 12.5 Å². The predicted octanol–water partition coefficient (Wildman–Crippen LogP) is 1.39. The number of carbonyl (C=O) groups is 2. The van der Waals surface area contributed by atoms with E-state index in [-0.39, 0.29) is 15.8 Å². The first-order valence-electron chi connectivity index (χ1n) is 6.20. The highest BCUT2D eigenvalue weighted by Crippen LogP contribution is 2.23. The van der Waals surface area contributed by atoms with Gasteiger partial charge in [-0.2, -0.15) is 5.10 Å². The van der Waals surface area contributed by atoms with E-state index in [9.17, 15) is 14.7 Å². The number of esters is 1. The Morgan fingerprint density at radius 1 is 1.36 bits per heavy atom. The van der Waals surface area contributed by atoms with E-state index in [1.54, 1.807) is 31.2 Å². The first kappa shape index (κ1) is 15.8. The van der Waals surface area contributed by atoms with Gasteiger partial charge in [-0.15, -0.1) is 5.10 Å². The van der Waals surface area contributed by atoms with Gasteiger partial charge in [-0.3, -0.25) is 10.1 Å². The number of ether oxygens (including phenoxy) is 1. The van der Waals surface area contributed by atoms with Crippen LogP contribution in [0.5, 0.6) is 5.75 Å². The SMILES string of the molecule is COC(=O)/C=C1\S/C(=N\N=C(\C)c2ccc(O)cc2)NC1=O. The Kier molecular flexibility index (Phi) is 4.95. The third-order valence-corrected chi connectivity index (χ3v) is 3.58. The zero-order chi connectivity index (χ0) is 16.1. The molecule has 0 aliphatic carbocycles. The molecule has 1 aliphatic heterocycles. The Balaban J connectivity index is 2.12. The molecular weight excluding hydrogens is 306 g/mol. The van der Waals surface area contributed by atoms with Crippen LogP contribution >= 0.6 is 11.8 Å². The molecule has 0 radical (unpaired) electrons. The third-order valence-electron chi connectivity index (χ3n) is 2.68. The van der Waals surface area contributed by atoms with Crippen molar-refractivity contribution in [3.63, 3.8) is 0 Å². The molecule has 0 saturated carbocycles. The van der Waals surface area contributed by atoms with Crippen molar-refractivity contribution in [3.8, 4) is 5.75 Å². The van der Waals surface area contributed by atoms with Crippen molar-refractivity contribution in [2.75, 3.05) is 7.11 Å². The molecule has 0 bridgehead atoms. The molecule has 1 aromatic carbocycles. The van der Waals surface area contributed by atoms with Gasteiger partial charge in [0.15, 0.2) is 5.17 Å². The molecule has 2 rings (SSSR count). The number of aromatic hydroxyl groups is 1. The average Bonchev–Trinajstić information content (AvgIpc) is 2.85. The van der Waals surface area contributed by atoms with Crippen LogP contribution in [0.4, 0.5) is 0 Å². The summed E-state index contributed by atoms with van der Waals surface area (Å²) in [5.74, 6) is -0.867. The molecule has 1 aromatic rings. The van der Waals surface area contributed by atoms with Gasteiger partial charge in [0.1, 0.15) is 5.75 Å². The van der Waals surface area contributed by atoms with Crippen molar-refractivity contribution < 1.29 is 19.4 Å². The van der Waals surface area contributed by atoms with Crippen LogP contribution in [-0.4, -0.2) is 35.0 Å². The van der Waals surface area contributed by atoms with Gasteiger partial charge in [0.2, 0.25) is 0 Å². The summed E-state index contributed by atoms with van der Waals surface area (Å²) in [6.07, 6.45) is 1.10. The molecule has 1 saturated heterocycles. The van der Waals surface area contributed by atoms with Crippen LogP contribution in [0, 0.1) is 0 Å². The fourth-order valence-electron chi connectivity index (χ4n) is 1.52. The highest BCUT2D eigenvalue weighted by Gasteiger charge is 2.25. The number of phenols is 1. The zero-order valence-electron chi connectivity index (χ0n) is 11.9. The highest BCUT2D eigenvalue weighted by molar-refractivity contribution is 8.18. The Hall–Kier alpha value is -2.61. The predicted molar refractivity (Wildman–Crippen MR) is 83.6 cm³/mol. The molecule has 1 heterocycles. The summed E-state index contributed by atoms with van der Waals surface area (Å²) in [6.45, 7) is 1.75. The molecule has 2 N–H and O–H groups in total. The molecule has 0 aromatic heterocycles. The van der Waals surface area contributed by atoms with Gasteiger partial charge in [0.05, 0.1) is 17.7 Å². The van der Waals surface area contributed by atoms with Crippen molar-refractivity contribution in [3.05, 3.63) is 40.8 Å². The molecular formula is C14H13N3O4S. The lowest BCUT2D eigenvalue weighted by atomic mass is 10.1. The maximum atomic E-state index is 11.6. The number of hydrogen-bond donors (Lipinski definition) is 2. The van der Waals surface area contributed by atoms with E-state index in [1.807, 2.05) is 0 Å². The summed E-state index contributed by atoms with van der Waals surface area (Å²) in [7, 11) is 1.23. The Labute approximate surface area is 130 Å². The molecule has 1 aliphatic rings. The molecule has 114 valence electrons. The fourth-order valence-corrected chi connectivity index (χ4v) is 2.25. The lowest BCUT2D eigenvalue weighted by molar-refractivity contribution is -0.135. The Bertz CT molecular complexity index is 693. The highest BCUT2D eigenvalue weighted by atomic mass is 32.2. The number of nitrogens with one attached hydrogen (secondary N) is 1. The summed E-state index contributed by atoms with van der Waals surface area (Å²) in [5, 5.41) is 20.0. The first-order chi connectivity index (χ1) is 10.5. The van der Waals surface area contributed by atoms with Gasteiger partial charge < -0.3 is 9.84 Å². The van der Waals surface area contributed by atoms with Gasteiger partial charge in [-0.25, -0.2) is 4.79 Å². The maximum absolute atomic E-state index is 11.6. The summed E-state index contributed by atoms with van der Waals surface area (Å²) in [6, 6.07) is 6.50. The minimum absolute atomic E-state index is 0.166. The van der Waals surface area contributed by atoms with Crippen LogP contribution in [0.2, 0.25) is 0 Å². The Morgan fingerprint density at radius 2 is 2.05 bits per heavy atom. The van der Waals surface area contributed by atoms with Crippen molar-refractivity contribution in [1.82, 2.24) is 5.32 Å². The number of amides is 1. The number of phenolic OH excluding ortho intramolecular Hbond substituents is 1. The first-order valence-corrected chi connectivity index (χ1v) is 7.01. The van der Waals surface area contributed by atoms with E-state index in [4.69, 9.17) is 0 Å². The number of methoxy groups -OCH3 is 1. The van der Waals surface area contributed by atoms with Crippen molar-refractivity contribution in [2.45, 2.75) is 6.92 Å². The van der Waals surface area contributed by atoms with E-state index in [2.05, 4.69) is 20.3 Å². The molecule has 1 fully saturated rings. The monoisotopic (exact) mass is 319 g/mol. The van der Waals surface area contributed by atoms with Crippen LogP contribution < -0.4 is 5.32 Å². The number of rotatable bonds is 3. The molecule has 22 heavy (non-hydrogen) atoms. The maximum Gasteiger partial charge on any atom is 0.331 e. The van der Waals surface area contributed by atoms with Gasteiger partial charge in [-0.05, 0) is 48.5 Å². The standard InChI is InChI=1S/C14H13N3O4S/c1-8(9-3-5-10(18)6-4-9)16-17-14-15-13(20)11(22-14)7-12(19)21-2/h3-7,18H,1-2H3,(H,15,17,20)/b11-7-,16-8-. The molecule has 0 spiro atoms. The average molecular weight is 319 g/mol. The minimum atomic E-state index is -0.609. The summed E-state index contributed by atoms with van der Waals surface area (Å²) in [4.78, 5) is 22.9. The van der Waals surface area contributed by atoms with Crippen LogP contribution in [0.25, 0.3) is 0 Å². The summed E-state index contributed by atoms with van der Waals surface area (Å²) < 4.78 is 4.46. The molecule has 7 nitrogen and oxygen atoms in total. The van der Waals surface area contributed by atoms with E-state index in [1.165, 1.54) is 7.11 Å². The Morgan fingerprint density at radius 3 is 2.68 bits per heavy atom. The largest absolute Gasteiger partial charge is 0.508 e. The number of amidine groups is 1. The van der Waals surface area contributed by atoms with E-state index in [0.717, 1.165) is 23.4 Å². The van der Waals surface area contributed by atoms with E-state index >= 15 is 0 Å². The van der Waals surface area contributed by atoms with Gasteiger partial charge in [-0.1, -0.05) is 0 Å². The number of hydrogen-bond acceptors (Lipinski definition) is 7. The van der Waals surface area contributed by atoms with Crippen molar-refractivity contribution >= 4 is 34.5 Å². The zero-order valence-corrected chi connectivity index (χ0v) is 12.7. The van der Waals surface area contributed by atoms with Gasteiger partial charge in [0, 0.05) is 6.08 Å². The van der Waals surface area contributed by atoms with Crippen LogP contribution in [0.3, 0.4) is 0 Å². The minimum Gasteiger partial charge on any atom is -0.508 e. The molecule has 0 unspecified atom stereocenters. The number of nitrogens with zero attached hydrogens (tertiary/aromatic N) is 2. The normalized spacial score (nSPS) is 18.6. The second-order valence-electron chi connectivity index (χ2n) is 4.23. The quantitative estimate of drug-likeness (QED) is 0.379. The van der Waals surface area contributed by atoms with Crippen molar-refractivity contribution in [1.29, 1.82) is 0 Å². The second kappa shape index (κ2) is 6.90. The van der Waals surface area contributed by atoms with Crippen LogP contribution in [0.15, 0.2) is 45.4 Å². The lowest BCUT2D eigenvalue weighted by Gasteiger charge is -1.98. The number of benzene rings is 1. The summed E-state index contributed by atoms with van der Waals surface area (Å²) >= 11 is 1.00. The van der Waals surface area contributed by atoms with E-state index < -0.39 is 11.9 Å². The summed E-state index contributed by atoms with van der Waals surface area (Å²) in [5.41, 5.74) is 1.41. The molecule has 0 atom stereocenters. The van der Waals surface area contributed by atoms with Crippen molar-refractivity contribution in [2.24, 2.45) is 10.2 Å². The van der Waals surface area contributed by atoms with E-state index in [0.29, 0.717) is 5.71 Å². The third kappa shape index (κ3) is 3.95. The lowest BCUT2D eigenvalue weighted by Crippen LogP contribution is -2.19. The molecule has 1 amide bonds. The number of thioether (sulfide) groups is 1. The molecule has 8 heteroatoms. The fraction of sp³-hybridized carbons (Fsp3) is 0.143. The smallest absolute Gasteiger partial charge is 0.331 e. The van der Waals surface area contributed by atoms with Gasteiger partial charge >= 0.3 is 5.97 Å². The van der Waals surface area contributed by atoms with Crippen LogP contribution in [-0.2, 0) is 14.3 Å².